The van der Waals surface area contributed by atoms with E-state index in [9.17, 15) is 9.59 Å². The molecule has 0 fully saturated rings. The molecule has 0 saturated carbocycles. The zero-order chi connectivity index (χ0) is 14.5. The fourth-order valence-corrected chi connectivity index (χ4v) is 1.51. The van der Waals surface area contributed by atoms with Crippen LogP contribution in [0.3, 0.4) is 0 Å². The molecule has 2 aromatic heterocycles. The molecule has 0 aliphatic rings. The molecule has 20 heavy (non-hydrogen) atoms. The van der Waals surface area contributed by atoms with Gasteiger partial charge in [-0.1, -0.05) is 11.6 Å². The van der Waals surface area contributed by atoms with Crippen molar-refractivity contribution in [2.24, 2.45) is 0 Å². The summed E-state index contributed by atoms with van der Waals surface area (Å²) in [5, 5.41) is 11.5. The second-order valence-electron chi connectivity index (χ2n) is 3.78. The molecule has 9 heteroatoms. The fourth-order valence-electron chi connectivity index (χ4n) is 1.41. The summed E-state index contributed by atoms with van der Waals surface area (Å²) >= 11 is 5.57. The van der Waals surface area contributed by atoms with E-state index < -0.39 is 5.97 Å². The summed E-state index contributed by atoms with van der Waals surface area (Å²) in [6.07, 6.45) is 5.33. The molecule has 2 aromatic rings. The molecule has 104 valence electrons. The first-order valence-corrected chi connectivity index (χ1v) is 5.95. The normalized spacial score (nSPS) is 10.2. The van der Waals surface area contributed by atoms with Crippen LogP contribution in [-0.2, 0) is 6.54 Å². The number of aromatic nitrogens is 4. The molecular weight excluding hydrogens is 286 g/mol. The van der Waals surface area contributed by atoms with Gasteiger partial charge in [0.2, 0.25) is 0 Å². The van der Waals surface area contributed by atoms with Gasteiger partial charge in [0.1, 0.15) is 10.8 Å². The van der Waals surface area contributed by atoms with Crippen LogP contribution in [0.25, 0.3) is 0 Å². The minimum atomic E-state index is -1.09. The van der Waals surface area contributed by atoms with Crippen LogP contribution in [0.5, 0.6) is 0 Å². The Balaban J connectivity index is 1.84. The smallest absolute Gasteiger partial charge is 0.356 e. The number of carbonyl (C=O) groups excluding carboxylic acids is 1. The number of carboxylic acid groups (broad SMARTS) is 1. The van der Waals surface area contributed by atoms with E-state index in [0.29, 0.717) is 13.1 Å². The van der Waals surface area contributed by atoms with E-state index in [2.05, 4.69) is 20.3 Å². The van der Waals surface area contributed by atoms with Crippen molar-refractivity contribution in [1.29, 1.82) is 0 Å². The third-order valence-corrected chi connectivity index (χ3v) is 2.56. The first-order chi connectivity index (χ1) is 9.56. The summed E-state index contributed by atoms with van der Waals surface area (Å²) in [6, 6.07) is 0. The molecule has 0 radical (unpaired) electrons. The monoisotopic (exact) mass is 295 g/mol. The molecule has 0 aliphatic heterocycles. The quantitative estimate of drug-likeness (QED) is 0.829. The number of imidazole rings is 1. The van der Waals surface area contributed by atoms with E-state index in [-0.39, 0.29) is 22.4 Å². The van der Waals surface area contributed by atoms with Crippen molar-refractivity contribution < 1.29 is 14.7 Å². The third kappa shape index (κ3) is 3.51. The minimum absolute atomic E-state index is 0.0418. The van der Waals surface area contributed by atoms with Gasteiger partial charge in [0, 0.05) is 19.3 Å². The number of hydrogen-bond donors (Lipinski definition) is 2. The molecular formula is C11H10ClN5O3. The van der Waals surface area contributed by atoms with E-state index >= 15 is 0 Å². The average Bonchev–Trinajstić information content (AvgIpc) is 2.88. The molecule has 8 nitrogen and oxygen atoms in total. The van der Waals surface area contributed by atoms with Crippen LogP contribution < -0.4 is 5.32 Å². The molecule has 1 amide bonds. The Kier molecular flexibility index (Phi) is 4.26. The highest BCUT2D eigenvalue weighted by molar-refractivity contribution is 6.29. The number of halogens is 1. The lowest BCUT2D eigenvalue weighted by Gasteiger charge is -2.04. The van der Waals surface area contributed by atoms with Gasteiger partial charge in [0.15, 0.2) is 5.69 Å². The van der Waals surface area contributed by atoms with Crippen LogP contribution >= 0.6 is 11.6 Å². The summed E-state index contributed by atoms with van der Waals surface area (Å²) in [7, 11) is 0. The molecule has 0 atom stereocenters. The maximum atomic E-state index is 11.7. The van der Waals surface area contributed by atoms with Crippen LogP contribution in [0.15, 0.2) is 24.9 Å². The Morgan fingerprint density at radius 1 is 1.25 bits per heavy atom. The van der Waals surface area contributed by atoms with Crippen LogP contribution in [0.4, 0.5) is 0 Å². The standard InChI is InChI=1S/C11H10ClN5O3/c12-9-4-14-7(3-15-9)10(18)13-1-2-17-5-8(11(19)20)16-6-17/h3-6H,1-2H2,(H,13,18)(H,19,20). The zero-order valence-corrected chi connectivity index (χ0v) is 10.9. The maximum Gasteiger partial charge on any atom is 0.356 e. The minimum Gasteiger partial charge on any atom is -0.476 e. The first kappa shape index (κ1) is 13.9. The number of nitrogens with one attached hydrogen (secondary N) is 1. The summed E-state index contributed by atoms with van der Waals surface area (Å²) in [5.41, 5.74) is 0.117. The van der Waals surface area contributed by atoms with E-state index in [0.717, 1.165) is 0 Å². The van der Waals surface area contributed by atoms with Crippen molar-refractivity contribution in [2.75, 3.05) is 6.54 Å². The first-order valence-electron chi connectivity index (χ1n) is 5.57. The highest BCUT2D eigenvalue weighted by atomic mass is 35.5. The van der Waals surface area contributed by atoms with Gasteiger partial charge in [-0.25, -0.2) is 19.7 Å². The van der Waals surface area contributed by atoms with Gasteiger partial charge in [-0.2, -0.15) is 0 Å². The van der Waals surface area contributed by atoms with Gasteiger partial charge >= 0.3 is 5.97 Å². The lowest BCUT2D eigenvalue weighted by Crippen LogP contribution is -2.27. The topological polar surface area (TPSA) is 110 Å². The van der Waals surface area contributed by atoms with Gasteiger partial charge in [0.05, 0.1) is 18.7 Å². The van der Waals surface area contributed by atoms with E-state index in [4.69, 9.17) is 16.7 Å². The number of amides is 1. The summed E-state index contributed by atoms with van der Waals surface area (Å²) in [4.78, 5) is 33.6. The lowest BCUT2D eigenvalue weighted by molar-refractivity contribution is 0.0690. The van der Waals surface area contributed by atoms with Gasteiger partial charge in [-0.15, -0.1) is 0 Å². The van der Waals surface area contributed by atoms with E-state index in [1.807, 2.05) is 0 Å². The number of nitrogens with zero attached hydrogens (tertiary/aromatic N) is 4. The number of hydrogen-bond acceptors (Lipinski definition) is 5. The summed E-state index contributed by atoms with van der Waals surface area (Å²) < 4.78 is 1.57. The molecule has 0 bridgehead atoms. The van der Waals surface area contributed by atoms with Crippen LogP contribution in [0, 0.1) is 0 Å². The zero-order valence-electron chi connectivity index (χ0n) is 10.2. The molecule has 0 aliphatic carbocycles. The Bertz CT molecular complexity index is 625. The highest BCUT2D eigenvalue weighted by Crippen LogP contribution is 2.01. The van der Waals surface area contributed by atoms with Gasteiger partial charge < -0.3 is 15.0 Å². The predicted octanol–water partition coefficient (Wildman–Crippen LogP) is 0.455. The van der Waals surface area contributed by atoms with Crippen LogP contribution in [-0.4, -0.2) is 43.0 Å². The molecule has 0 spiro atoms. The van der Waals surface area contributed by atoms with Crippen molar-refractivity contribution in [3.63, 3.8) is 0 Å². The molecule has 0 saturated heterocycles. The lowest BCUT2D eigenvalue weighted by atomic mass is 10.4. The van der Waals surface area contributed by atoms with Crippen molar-refractivity contribution in [1.82, 2.24) is 24.8 Å². The van der Waals surface area contributed by atoms with Crippen LogP contribution in [0.2, 0.25) is 5.15 Å². The molecule has 2 rings (SSSR count). The molecule has 2 N–H and O–H groups in total. The SMILES string of the molecule is O=C(O)c1cn(CCNC(=O)c2cnc(Cl)cn2)cn1. The van der Waals surface area contributed by atoms with Gasteiger partial charge in [-0.05, 0) is 0 Å². The summed E-state index contributed by atoms with van der Waals surface area (Å²) in [5.74, 6) is -1.48. The maximum absolute atomic E-state index is 11.7. The Morgan fingerprint density at radius 2 is 2.05 bits per heavy atom. The van der Waals surface area contributed by atoms with Gasteiger partial charge in [0.25, 0.3) is 5.91 Å². The number of carboxylic acids is 1. The van der Waals surface area contributed by atoms with Crippen molar-refractivity contribution in [3.05, 3.63) is 41.5 Å². The predicted molar refractivity (Wildman–Crippen MR) is 68.6 cm³/mol. The second-order valence-corrected chi connectivity index (χ2v) is 4.17. The number of carbonyl (C=O) groups is 2. The van der Waals surface area contributed by atoms with Crippen LogP contribution in [0.1, 0.15) is 21.0 Å². The Hall–Kier alpha value is -2.48. The molecule has 2 heterocycles. The summed E-state index contributed by atoms with van der Waals surface area (Å²) in [6.45, 7) is 0.700. The fraction of sp³-hybridized carbons (Fsp3) is 0.182. The largest absolute Gasteiger partial charge is 0.476 e. The Labute approximate surface area is 118 Å². The number of rotatable bonds is 5. The van der Waals surface area contributed by atoms with E-state index in [1.54, 1.807) is 4.57 Å². The second kappa shape index (κ2) is 6.11. The Morgan fingerprint density at radius 3 is 2.65 bits per heavy atom. The van der Waals surface area contributed by atoms with Crippen molar-refractivity contribution in [2.45, 2.75) is 6.54 Å². The van der Waals surface area contributed by atoms with Gasteiger partial charge in [-0.3, -0.25) is 4.79 Å². The average molecular weight is 296 g/mol. The van der Waals surface area contributed by atoms with Crippen molar-refractivity contribution >= 4 is 23.5 Å². The third-order valence-electron chi connectivity index (χ3n) is 2.36. The highest BCUT2D eigenvalue weighted by Gasteiger charge is 2.08. The molecule has 0 unspecified atom stereocenters. The van der Waals surface area contributed by atoms with Crippen molar-refractivity contribution in [3.8, 4) is 0 Å². The van der Waals surface area contributed by atoms with E-state index in [1.165, 1.54) is 24.9 Å². The molecule has 0 aromatic carbocycles. The number of aromatic carboxylic acids is 1.